The van der Waals surface area contributed by atoms with Gasteiger partial charge in [0, 0.05) is 0 Å². The molecule has 2 aliphatic heterocycles. The molecule has 2 heterocycles. The summed E-state index contributed by atoms with van der Waals surface area (Å²) in [6.07, 6.45) is 15.4. The monoisotopic (exact) mass is 428 g/mol. The summed E-state index contributed by atoms with van der Waals surface area (Å²) in [5.74, 6) is -1.31. The second-order valence-electron chi connectivity index (χ2n) is 10.2. The van der Waals surface area contributed by atoms with Crippen molar-refractivity contribution >= 4 is 0 Å². The molecule has 2 rings (SSSR count). The lowest BCUT2D eigenvalue weighted by molar-refractivity contribution is -0.178. The van der Waals surface area contributed by atoms with E-state index in [4.69, 9.17) is 18.9 Å². The molecule has 0 aromatic heterocycles. The summed E-state index contributed by atoms with van der Waals surface area (Å²) in [5, 5.41) is 10.9. The molecule has 2 fully saturated rings. The second-order valence-corrected chi connectivity index (χ2v) is 10.2. The van der Waals surface area contributed by atoms with Crippen LogP contribution in [0.2, 0.25) is 0 Å². The average Bonchev–Trinajstić information content (AvgIpc) is 3.20. The number of rotatable bonds is 15. The maximum atomic E-state index is 10.9. The van der Waals surface area contributed by atoms with Crippen molar-refractivity contribution in [3.05, 3.63) is 0 Å². The molecular formula is C25H48O5. The van der Waals surface area contributed by atoms with Gasteiger partial charge < -0.3 is 24.1 Å². The predicted molar refractivity (Wildman–Crippen MR) is 120 cm³/mol. The number of ether oxygens (including phenoxy) is 4. The van der Waals surface area contributed by atoms with Crippen LogP contribution in [0.5, 0.6) is 0 Å². The van der Waals surface area contributed by atoms with Gasteiger partial charge in [-0.3, -0.25) is 0 Å². The van der Waals surface area contributed by atoms with E-state index in [0.717, 1.165) is 12.8 Å². The lowest BCUT2D eigenvalue weighted by Crippen LogP contribution is -2.45. The Morgan fingerprint density at radius 2 is 1.27 bits per heavy atom. The largest absolute Gasteiger partial charge is 0.387 e. The van der Waals surface area contributed by atoms with Crippen molar-refractivity contribution in [1.82, 2.24) is 0 Å². The number of hydrogen-bond donors (Lipinski definition) is 1. The zero-order chi connectivity index (χ0) is 22.0. The Morgan fingerprint density at radius 1 is 0.733 bits per heavy atom. The average molecular weight is 429 g/mol. The lowest BCUT2D eigenvalue weighted by Gasteiger charge is -2.27. The summed E-state index contributed by atoms with van der Waals surface area (Å²) >= 11 is 0. The summed E-state index contributed by atoms with van der Waals surface area (Å²) < 4.78 is 23.6. The number of hydrogen-bond acceptors (Lipinski definition) is 5. The standard InChI is InChI=1S/C25H48O5/c1-6-7-8-9-10-11-12-13-14-15-16-17-18-20-23(30-25(4,5)28-20)22(26)21-19-27-24(2,3)29-21/h20-23,26H,6-19H2,1-5H3/t20-,21-,22-,23+/m1/s1. The summed E-state index contributed by atoms with van der Waals surface area (Å²) in [7, 11) is 0. The van der Waals surface area contributed by atoms with E-state index in [1.807, 2.05) is 27.7 Å². The third-order valence-electron chi connectivity index (χ3n) is 6.31. The van der Waals surface area contributed by atoms with E-state index < -0.39 is 17.7 Å². The molecule has 178 valence electrons. The molecule has 0 radical (unpaired) electrons. The fraction of sp³-hybridized carbons (Fsp3) is 1.00. The van der Waals surface area contributed by atoms with E-state index in [1.54, 1.807) is 0 Å². The third kappa shape index (κ3) is 9.12. The van der Waals surface area contributed by atoms with E-state index in [-0.39, 0.29) is 18.3 Å². The van der Waals surface area contributed by atoms with Crippen molar-refractivity contribution in [1.29, 1.82) is 0 Å². The Kier molecular flexibility index (Phi) is 11.1. The highest BCUT2D eigenvalue weighted by Gasteiger charge is 2.49. The lowest BCUT2D eigenvalue weighted by atomic mass is 9.98. The Morgan fingerprint density at radius 3 is 1.77 bits per heavy atom. The van der Waals surface area contributed by atoms with Crippen LogP contribution in [0.1, 0.15) is 118 Å². The van der Waals surface area contributed by atoms with E-state index in [1.165, 1.54) is 70.6 Å². The smallest absolute Gasteiger partial charge is 0.163 e. The molecule has 0 aliphatic carbocycles. The van der Waals surface area contributed by atoms with Crippen LogP contribution in [-0.2, 0) is 18.9 Å². The molecule has 5 nitrogen and oxygen atoms in total. The first-order valence-electron chi connectivity index (χ1n) is 12.6. The highest BCUT2D eigenvalue weighted by Crippen LogP contribution is 2.36. The minimum atomic E-state index is -0.740. The van der Waals surface area contributed by atoms with Crippen molar-refractivity contribution in [3.63, 3.8) is 0 Å². The maximum absolute atomic E-state index is 10.9. The fourth-order valence-corrected chi connectivity index (χ4v) is 4.66. The first kappa shape index (κ1) is 26.1. The van der Waals surface area contributed by atoms with Crippen molar-refractivity contribution < 1.29 is 24.1 Å². The van der Waals surface area contributed by atoms with Crippen LogP contribution in [0.25, 0.3) is 0 Å². The molecule has 0 aromatic rings. The molecule has 0 bridgehead atoms. The van der Waals surface area contributed by atoms with E-state index >= 15 is 0 Å². The number of unbranched alkanes of at least 4 members (excludes halogenated alkanes) is 11. The van der Waals surface area contributed by atoms with Gasteiger partial charge in [0.25, 0.3) is 0 Å². The molecule has 0 spiro atoms. The number of aliphatic hydroxyl groups is 1. The summed E-state index contributed by atoms with van der Waals surface area (Å²) in [6.45, 7) is 10.3. The van der Waals surface area contributed by atoms with Gasteiger partial charge >= 0.3 is 0 Å². The Hall–Kier alpha value is -0.200. The summed E-state index contributed by atoms with van der Waals surface area (Å²) in [6, 6.07) is 0. The van der Waals surface area contributed by atoms with Crippen LogP contribution in [0.3, 0.4) is 0 Å². The second kappa shape index (κ2) is 12.7. The first-order valence-corrected chi connectivity index (χ1v) is 12.6. The zero-order valence-electron chi connectivity index (χ0n) is 20.3. The first-order chi connectivity index (χ1) is 14.2. The van der Waals surface area contributed by atoms with E-state index in [9.17, 15) is 5.11 Å². The van der Waals surface area contributed by atoms with Gasteiger partial charge in [0.05, 0.1) is 12.7 Å². The fourth-order valence-electron chi connectivity index (χ4n) is 4.66. The quantitative estimate of drug-likeness (QED) is 0.319. The SMILES string of the molecule is CCCCCCCCCCCCCC[C@H]1OC(C)(C)O[C@@H]1[C@H](O)[C@H]1COC(C)(C)O1. The molecule has 0 unspecified atom stereocenters. The van der Waals surface area contributed by atoms with Gasteiger partial charge in [-0.1, -0.05) is 84.0 Å². The molecule has 0 amide bonds. The molecule has 2 saturated heterocycles. The highest BCUT2D eigenvalue weighted by molar-refractivity contribution is 4.92. The van der Waals surface area contributed by atoms with Crippen molar-refractivity contribution in [2.24, 2.45) is 0 Å². The van der Waals surface area contributed by atoms with Crippen molar-refractivity contribution in [3.8, 4) is 0 Å². The highest BCUT2D eigenvalue weighted by atomic mass is 16.8. The molecule has 2 aliphatic rings. The summed E-state index contributed by atoms with van der Waals surface area (Å²) in [4.78, 5) is 0. The van der Waals surface area contributed by atoms with Crippen LogP contribution in [-0.4, -0.2) is 47.7 Å². The zero-order valence-corrected chi connectivity index (χ0v) is 20.3. The molecule has 30 heavy (non-hydrogen) atoms. The van der Waals surface area contributed by atoms with Crippen LogP contribution in [0.4, 0.5) is 0 Å². The van der Waals surface area contributed by atoms with Crippen molar-refractivity contribution in [2.45, 2.75) is 154 Å². The summed E-state index contributed by atoms with van der Waals surface area (Å²) in [5.41, 5.74) is 0. The molecule has 5 heteroatoms. The number of aliphatic hydroxyl groups excluding tert-OH is 1. The predicted octanol–water partition coefficient (Wildman–Crippen LogP) is 6.11. The minimum absolute atomic E-state index is 0.0922. The Balaban J connectivity index is 1.59. The molecule has 0 aromatic carbocycles. The van der Waals surface area contributed by atoms with Crippen LogP contribution < -0.4 is 0 Å². The van der Waals surface area contributed by atoms with Crippen LogP contribution in [0.15, 0.2) is 0 Å². The molecule has 4 atom stereocenters. The minimum Gasteiger partial charge on any atom is -0.387 e. The van der Waals surface area contributed by atoms with Crippen LogP contribution >= 0.6 is 0 Å². The van der Waals surface area contributed by atoms with Gasteiger partial charge in [-0.2, -0.15) is 0 Å². The maximum Gasteiger partial charge on any atom is 0.163 e. The molecular weight excluding hydrogens is 380 g/mol. The van der Waals surface area contributed by atoms with Crippen molar-refractivity contribution in [2.75, 3.05) is 6.61 Å². The third-order valence-corrected chi connectivity index (χ3v) is 6.31. The van der Waals surface area contributed by atoms with E-state index in [2.05, 4.69) is 6.92 Å². The van der Waals surface area contributed by atoms with Gasteiger partial charge in [0.2, 0.25) is 0 Å². The van der Waals surface area contributed by atoms with Gasteiger partial charge in [-0.15, -0.1) is 0 Å². The van der Waals surface area contributed by atoms with Gasteiger partial charge in [-0.05, 0) is 34.1 Å². The van der Waals surface area contributed by atoms with E-state index in [0.29, 0.717) is 6.61 Å². The van der Waals surface area contributed by atoms with Gasteiger partial charge in [-0.25, -0.2) is 0 Å². The normalized spacial score (nSPS) is 28.8. The Bertz CT molecular complexity index is 464. The topological polar surface area (TPSA) is 57.2 Å². The van der Waals surface area contributed by atoms with Gasteiger partial charge in [0.15, 0.2) is 11.6 Å². The Labute approximate surface area is 185 Å². The molecule has 0 saturated carbocycles. The van der Waals surface area contributed by atoms with Crippen LogP contribution in [0, 0.1) is 0 Å². The van der Waals surface area contributed by atoms with Gasteiger partial charge in [0.1, 0.15) is 18.3 Å². The molecule has 1 N–H and O–H groups in total.